The van der Waals surface area contributed by atoms with Gasteiger partial charge in [-0.2, -0.15) is 0 Å². The summed E-state index contributed by atoms with van der Waals surface area (Å²) in [5.74, 6) is -2.17. The highest BCUT2D eigenvalue weighted by Crippen LogP contribution is 2.45. The van der Waals surface area contributed by atoms with Crippen LogP contribution in [-0.4, -0.2) is 96.7 Å². The molecule has 0 aromatic rings. The minimum absolute atomic E-state index is 0.0833. The highest BCUT2D eigenvalue weighted by molar-refractivity contribution is 7.47. The molecule has 5 atom stereocenters. The van der Waals surface area contributed by atoms with Crippen LogP contribution in [0.3, 0.4) is 0 Å². The largest absolute Gasteiger partial charge is 0.472 e. The molecule has 19 heteroatoms. The number of carbonyl (C=O) groups excluding carboxylic acids is 4. The fraction of sp³-hybridized carbons (Fsp3) is 0.848. The molecular weight excluding hydrogens is 1280 g/mol. The zero-order chi connectivity index (χ0) is 71.8. The summed E-state index contributed by atoms with van der Waals surface area (Å²) in [6.07, 6.45) is 69.4. The van der Waals surface area contributed by atoms with Crippen molar-refractivity contribution in [1.29, 1.82) is 0 Å². The van der Waals surface area contributed by atoms with E-state index < -0.39 is 97.5 Å². The van der Waals surface area contributed by atoms with Gasteiger partial charge in [0.1, 0.15) is 19.3 Å². The Labute approximate surface area is 597 Å². The molecule has 0 heterocycles. The molecule has 0 rings (SSSR count). The van der Waals surface area contributed by atoms with Crippen molar-refractivity contribution in [2.45, 2.75) is 393 Å². The second-order valence-corrected chi connectivity index (χ2v) is 29.9. The SMILES string of the molecule is CCCCCC/C=C\C=C/CCCCCCCC(=O)O[C@H](COC(=O)CCCCCCCCCCCCCCC)COP(=O)(O)OC[C@@H](O)COP(=O)(O)OC[C@@H](COC(=O)CCCCCCC/C=C\CCCCCCCC)OC(=O)CCCCCCC/C=C\CCCCCCCC. The molecule has 0 amide bonds. The van der Waals surface area contributed by atoms with Gasteiger partial charge in [0.2, 0.25) is 0 Å². The van der Waals surface area contributed by atoms with Gasteiger partial charge in [-0.1, -0.05) is 295 Å². The Morgan fingerprint density at radius 1 is 0.286 bits per heavy atom. The van der Waals surface area contributed by atoms with E-state index in [4.69, 9.17) is 37.0 Å². The number of phosphoric ester groups is 2. The third kappa shape index (κ3) is 71.4. The number of hydrogen-bond donors (Lipinski definition) is 3. The summed E-state index contributed by atoms with van der Waals surface area (Å²) >= 11 is 0. The lowest BCUT2D eigenvalue weighted by Gasteiger charge is -2.21. The zero-order valence-electron chi connectivity index (χ0n) is 62.7. The predicted molar refractivity (Wildman–Crippen MR) is 400 cm³/mol. The average Bonchev–Trinajstić information content (AvgIpc) is 1.05. The molecule has 0 aliphatic heterocycles. The molecule has 3 N–H and O–H groups in total. The lowest BCUT2D eigenvalue weighted by atomic mass is 10.0. The molecular formula is C79H146O17P2. The van der Waals surface area contributed by atoms with Gasteiger partial charge in [0, 0.05) is 25.7 Å². The Bertz CT molecular complexity index is 2050. The topological polar surface area (TPSA) is 237 Å². The molecule has 98 heavy (non-hydrogen) atoms. The van der Waals surface area contributed by atoms with Gasteiger partial charge in [0.25, 0.3) is 0 Å². The Kier molecular flexibility index (Phi) is 70.2. The van der Waals surface area contributed by atoms with Crippen molar-refractivity contribution in [1.82, 2.24) is 0 Å². The lowest BCUT2D eigenvalue weighted by Crippen LogP contribution is -2.30. The van der Waals surface area contributed by atoms with E-state index in [2.05, 4.69) is 76.3 Å². The van der Waals surface area contributed by atoms with Gasteiger partial charge < -0.3 is 33.8 Å². The standard InChI is InChI=1S/C79H146O17P2/c1-5-9-13-17-21-25-29-33-36-40-44-48-52-56-60-64-77(82)90-70-75(96-79(84)66-62-58-54-50-46-42-38-35-31-27-23-19-15-11-7-3)72-94-98(87,88)92-68-73(80)67-91-97(85,86)93-71-74(69-89-76(81)63-59-55-51-47-43-39-32-28-24-20-16-12-8-4)95-78(83)65-61-57-53-49-45-41-37-34-30-26-22-18-14-10-6-2/h26,30,33-38,73-75,80H,5-25,27-29,31-32,39-72H2,1-4H3,(H,85,86)(H,87,88)/b30-26-,36-33-,37-34-,38-35-/t73-,74-,75-/m1/s1. The van der Waals surface area contributed by atoms with Crippen LogP contribution in [0.25, 0.3) is 0 Å². The number of ether oxygens (including phenoxy) is 4. The lowest BCUT2D eigenvalue weighted by molar-refractivity contribution is -0.161. The minimum Gasteiger partial charge on any atom is -0.462 e. The fourth-order valence-corrected chi connectivity index (χ4v) is 12.7. The summed E-state index contributed by atoms with van der Waals surface area (Å²) in [4.78, 5) is 72.9. The predicted octanol–water partition coefficient (Wildman–Crippen LogP) is 22.9. The molecule has 17 nitrogen and oxygen atoms in total. The molecule has 0 bridgehead atoms. The maximum atomic E-state index is 13.1. The van der Waals surface area contributed by atoms with Gasteiger partial charge in [-0.3, -0.25) is 37.3 Å². The smallest absolute Gasteiger partial charge is 0.462 e. The normalized spacial score (nSPS) is 14.2. The van der Waals surface area contributed by atoms with E-state index in [0.29, 0.717) is 25.7 Å². The molecule has 0 saturated carbocycles. The zero-order valence-corrected chi connectivity index (χ0v) is 64.5. The number of esters is 4. The number of phosphoric acid groups is 2. The minimum atomic E-state index is -4.97. The van der Waals surface area contributed by atoms with E-state index >= 15 is 0 Å². The van der Waals surface area contributed by atoms with Crippen molar-refractivity contribution in [2.75, 3.05) is 39.6 Å². The van der Waals surface area contributed by atoms with Crippen LogP contribution in [0, 0.1) is 0 Å². The second-order valence-electron chi connectivity index (χ2n) is 27.0. The summed E-state index contributed by atoms with van der Waals surface area (Å²) < 4.78 is 68.6. The Hall–Kier alpha value is -2.98. The van der Waals surface area contributed by atoms with Crippen LogP contribution in [0.5, 0.6) is 0 Å². The van der Waals surface area contributed by atoms with Crippen LogP contribution < -0.4 is 0 Å². The maximum absolute atomic E-state index is 13.1. The van der Waals surface area contributed by atoms with Gasteiger partial charge in [-0.15, -0.1) is 0 Å². The number of aliphatic hydroxyl groups is 1. The van der Waals surface area contributed by atoms with Gasteiger partial charge in [0.15, 0.2) is 12.2 Å². The molecule has 0 fully saturated rings. The first-order valence-corrected chi connectivity index (χ1v) is 42.9. The molecule has 0 aromatic carbocycles. The van der Waals surface area contributed by atoms with E-state index in [1.165, 1.54) is 161 Å². The maximum Gasteiger partial charge on any atom is 0.472 e. The van der Waals surface area contributed by atoms with Crippen molar-refractivity contribution >= 4 is 39.5 Å². The molecule has 2 unspecified atom stereocenters. The van der Waals surface area contributed by atoms with Gasteiger partial charge >= 0.3 is 39.5 Å². The summed E-state index contributed by atoms with van der Waals surface area (Å²) in [7, 11) is -9.94. The number of hydrogen-bond acceptors (Lipinski definition) is 15. The van der Waals surface area contributed by atoms with E-state index in [1.807, 2.05) is 0 Å². The molecule has 574 valence electrons. The number of allylic oxidation sites excluding steroid dienone is 8. The van der Waals surface area contributed by atoms with Crippen LogP contribution in [0.1, 0.15) is 374 Å². The molecule has 0 aliphatic rings. The molecule has 0 spiro atoms. The monoisotopic (exact) mass is 1430 g/mol. The van der Waals surface area contributed by atoms with Crippen molar-refractivity contribution in [3.8, 4) is 0 Å². The Morgan fingerprint density at radius 2 is 0.500 bits per heavy atom. The van der Waals surface area contributed by atoms with Crippen molar-refractivity contribution in [2.24, 2.45) is 0 Å². The van der Waals surface area contributed by atoms with Gasteiger partial charge in [-0.05, 0) is 103 Å². The second kappa shape index (κ2) is 72.4. The van der Waals surface area contributed by atoms with Gasteiger partial charge in [0.05, 0.1) is 26.4 Å². The van der Waals surface area contributed by atoms with E-state index in [0.717, 1.165) is 135 Å². The molecule has 0 aliphatic carbocycles. The number of unbranched alkanes of at least 4 members (excludes halogenated alkanes) is 43. The van der Waals surface area contributed by atoms with Crippen LogP contribution in [0.2, 0.25) is 0 Å². The number of rotatable bonds is 76. The quantitative estimate of drug-likeness (QED) is 0.0128. The van der Waals surface area contributed by atoms with E-state index in [-0.39, 0.29) is 25.7 Å². The molecule has 0 radical (unpaired) electrons. The summed E-state index contributed by atoms with van der Waals surface area (Å²) in [6.45, 7) is 4.88. The fourth-order valence-electron chi connectivity index (χ4n) is 11.1. The van der Waals surface area contributed by atoms with Crippen molar-refractivity contribution < 1.29 is 80.2 Å². The van der Waals surface area contributed by atoms with Crippen molar-refractivity contribution in [3.63, 3.8) is 0 Å². The first-order chi connectivity index (χ1) is 47.7. The van der Waals surface area contributed by atoms with E-state index in [1.54, 1.807) is 0 Å². The van der Waals surface area contributed by atoms with Crippen molar-refractivity contribution in [3.05, 3.63) is 48.6 Å². The Morgan fingerprint density at radius 3 is 0.776 bits per heavy atom. The van der Waals surface area contributed by atoms with E-state index in [9.17, 15) is 43.2 Å². The molecule has 0 aromatic heterocycles. The van der Waals surface area contributed by atoms with Gasteiger partial charge in [-0.25, -0.2) is 9.13 Å². The number of aliphatic hydroxyl groups excluding tert-OH is 1. The average molecular weight is 1430 g/mol. The highest BCUT2D eigenvalue weighted by atomic mass is 31.2. The first kappa shape index (κ1) is 95.0. The highest BCUT2D eigenvalue weighted by Gasteiger charge is 2.30. The summed E-state index contributed by atoms with van der Waals surface area (Å²) in [6, 6.07) is 0. The van der Waals surface area contributed by atoms with Crippen LogP contribution in [-0.2, 0) is 65.4 Å². The number of carbonyl (C=O) groups is 4. The Balaban J connectivity index is 5.34. The molecule has 0 saturated heterocycles. The van der Waals surface area contributed by atoms with Crippen LogP contribution >= 0.6 is 15.6 Å². The summed E-state index contributed by atoms with van der Waals surface area (Å²) in [5.41, 5.74) is 0. The van der Waals surface area contributed by atoms with Crippen LogP contribution in [0.15, 0.2) is 48.6 Å². The third-order valence-electron chi connectivity index (χ3n) is 17.3. The third-order valence-corrected chi connectivity index (χ3v) is 19.2. The summed E-state index contributed by atoms with van der Waals surface area (Å²) in [5, 5.41) is 10.6. The van der Waals surface area contributed by atoms with Crippen LogP contribution in [0.4, 0.5) is 0 Å². The first-order valence-electron chi connectivity index (χ1n) is 39.9.